The van der Waals surface area contributed by atoms with Gasteiger partial charge >= 0.3 is 0 Å². The van der Waals surface area contributed by atoms with Gasteiger partial charge in [-0.1, -0.05) is 19.1 Å². The first-order valence-electron chi connectivity index (χ1n) is 7.74. The molecular weight excluding hydrogens is 276 g/mol. The summed E-state index contributed by atoms with van der Waals surface area (Å²) in [7, 11) is 0. The molecule has 0 aliphatic rings. The first kappa shape index (κ1) is 16.2. The Labute approximate surface area is 131 Å². The molecule has 0 radical (unpaired) electrons. The van der Waals surface area contributed by atoms with Crippen LogP contribution in [0.4, 0.5) is 0 Å². The Morgan fingerprint density at radius 3 is 2.77 bits per heavy atom. The molecule has 1 amide bonds. The highest BCUT2D eigenvalue weighted by Gasteiger charge is 2.14. The minimum atomic E-state index is -0.0744. The zero-order valence-corrected chi connectivity index (χ0v) is 13.5. The molecule has 0 atom stereocenters. The Kier molecular flexibility index (Phi) is 5.72. The smallest absolute Gasteiger partial charge is 0.254 e. The third-order valence-corrected chi connectivity index (χ3v) is 3.51. The minimum Gasteiger partial charge on any atom is -0.351 e. The van der Waals surface area contributed by atoms with Crippen molar-refractivity contribution in [3.8, 4) is 5.69 Å². The van der Waals surface area contributed by atoms with E-state index in [4.69, 9.17) is 0 Å². The highest BCUT2D eigenvalue weighted by Crippen LogP contribution is 2.15. The Hall–Kier alpha value is -2.14. The fourth-order valence-corrected chi connectivity index (χ4v) is 2.31. The third kappa shape index (κ3) is 3.95. The summed E-state index contributed by atoms with van der Waals surface area (Å²) in [6, 6.07) is 8.07. The van der Waals surface area contributed by atoms with Crippen molar-refractivity contribution in [1.29, 1.82) is 0 Å². The molecule has 2 N–H and O–H groups in total. The summed E-state index contributed by atoms with van der Waals surface area (Å²) in [5.41, 5.74) is 3.61. The van der Waals surface area contributed by atoms with E-state index in [0.29, 0.717) is 12.1 Å². The molecule has 22 heavy (non-hydrogen) atoms. The lowest BCUT2D eigenvalue weighted by atomic mass is 10.2. The summed E-state index contributed by atoms with van der Waals surface area (Å²) >= 11 is 0. The lowest BCUT2D eigenvalue weighted by molar-refractivity contribution is 0.0953. The quantitative estimate of drug-likeness (QED) is 0.771. The van der Waals surface area contributed by atoms with Crippen LogP contribution in [0.15, 0.2) is 30.5 Å². The standard InChI is InChI=1S/C17H24N4O/c1-4-8-18-9-10-19-17(22)16-12-20-21(14(16)3)15-7-5-6-13(2)11-15/h5-7,11-12,18H,4,8-10H2,1-3H3,(H,19,22). The van der Waals surface area contributed by atoms with Gasteiger partial charge in [-0.05, 0) is 44.5 Å². The van der Waals surface area contributed by atoms with Crippen LogP contribution in [0.25, 0.3) is 5.69 Å². The molecule has 0 unspecified atom stereocenters. The summed E-state index contributed by atoms with van der Waals surface area (Å²) in [6.45, 7) is 8.45. The Morgan fingerprint density at radius 1 is 1.23 bits per heavy atom. The number of aromatic nitrogens is 2. The number of carbonyl (C=O) groups excluding carboxylic acids is 1. The SMILES string of the molecule is CCCNCCNC(=O)c1cnn(-c2cccc(C)c2)c1C. The molecule has 118 valence electrons. The van der Waals surface area contributed by atoms with Gasteiger partial charge in [0.15, 0.2) is 0 Å². The van der Waals surface area contributed by atoms with E-state index in [2.05, 4.69) is 28.7 Å². The maximum Gasteiger partial charge on any atom is 0.254 e. The average Bonchev–Trinajstić information content (AvgIpc) is 2.88. The molecule has 5 heteroatoms. The van der Waals surface area contributed by atoms with E-state index in [1.54, 1.807) is 10.9 Å². The first-order chi connectivity index (χ1) is 10.6. The normalized spacial score (nSPS) is 10.7. The lowest BCUT2D eigenvalue weighted by Crippen LogP contribution is -2.32. The van der Waals surface area contributed by atoms with Gasteiger partial charge in [0.05, 0.1) is 23.1 Å². The number of benzene rings is 1. The van der Waals surface area contributed by atoms with E-state index in [-0.39, 0.29) is 5.91 Å². The number of hydrogen-bond donors (Lipinski definition) is 2. The molecule has 1 aromatic heterocycles. The van der Waals surface area contributed by atoms with Crippen LogP contribution < -0.4 is 10.6 Å². The molecule has 0 bridgehead atoms. The number of carbonyl (C=O) groups is 1. The summed E-state index contributed by atoms with van der Waals surface area (Å²) < 4.78 is 1.80. The van der Waals surface area contributed by atoms with Gasteiger partial charge in [0.1, 0.15) is 0 Å². The zero-order valence-electron chi connectivity index (χ0n) is 13.5. The van der Waals surface area contributed by atoms with Crippen molar-refractivity contribution in [2.45, 2.75) is 27.2 Å². The van der Waals surface area contributed by atoms with Crippen LogP contribution in [0.2, 0.25) is 0 Å². The molecule has 5 nitrogen and oxygen atoms in total. The molecule has 0 aliphatic heterocycles. The second kappa shape index (κ2) is 7.75. The third-order valence-electron chi connectivity index (χ3n) is 3.51. The van der Waals surface area contributed by atoms with Crippen LogP contribution in [0.1, 0.15) is 35.0 Å². The van der Waals surface area contributed by atoms with Crippen molar-refractivity contribution in [3.05, 3.63) is 47.3 Å². The number of amides is 1. The minimum absolute atomic E-state index is 0.0744. The van der Waals surface area contributed by atoms with Crippen LogP contribution in [0.5, 0.6) is 0 Å². The molecule has 0 saturated heterocycles. The van der Waals surface area contributed by atoms with Crippen LogP contribution in [0.3, 0.4) is 0 Å². The molecular formula is C17H24N4O. The van der Waals surface area contributed by atoms with Crippen LogP contribution in [-0.4, -0.2) is 35.3 Å². The first-order valence-corrected chi connectivity index (χ1v) is 7.74. The molecule has 0 saturated carbocycles. The van der Waals surface area contributed by atoms with Crippen molar-refractivity contribution in [3.63, 3.8) is 0 Å². The zero-order chi connectivity index (χ0) is 15.9. The molecule has 0 fully saturated rings. The fourth-order valence-electron chi connectivity index (χ4n) is 2.31. The topological polar surface area (TPSA) is 58.9 Å². The Morgan fingerprint density at radius 2 is 2.05 bits per heavy atom. The van der Waals surface area contributed by atoms with Gasteiger partial charge in [-0.15, -0.1) is 0 Å². The van der Waals surface area contributed by atoms with E-state index in [0.717, 1.165) is 30.9 Å². The maximum absolute atomic E-state index is 12.2. The van der Waals surface area contributed by atoms with Gasteiger partial charge in [0, 0.05) is 13.1 Å². The molecule has 1 heterocycles. The monoisotopic (exact) mass is 300 g/mol. The van der Waals surface area contributed by atoms with Gasteiger partial charge in [0.25, 0.3) is 5.91 Å². The molecule has 0 aliphatic carbocycles. The Balaban J connectivity index is 2.03. The van der Waals surface area contributed by atoms with Crippen molar-refractivity contribution >= 4 is 5.91 Å². The largest absolute Gasteiger partial charge is 0.351 e. The fraction of sp³-hybridized carbons (Fsp3) is 0.412. The van der Waals surface area contributed by atoms with Crippen LogP contribution in [-0.2, 0) is 0 Å². The maximum atomic E-state index is 12.2. The molecule has 0 spiro atoms. The van der Waals surface area contributed by atoms with E-state index in [1.165, 1.54) is 5.56 Å². The van der Waals surface area contributed by atoms with Gasteiger partial charge in [0.2, 0.25) is 0 Å². The highest BCUT2D eigenvalue weighted by molar-refractivity contribution is 5.95. The highest BCUT2D eigenvalue weighted by atomic mass is 16.1. The number of aryl methyl sites for hydroxylation is 1. The number of rotatable bonds is 7. The van der Waals surface area contributed by atoms with Crippen LogP contribution in [0, 0.1) is 13.8 Å². The van der Waals surface area contributed by atoms with E-state index in [9.17, 15) is 4.79 Å². The number of nitrogens with one attached hydrogen (secondary N) is 2. The molecule has 2 rings (SSSR count). The molecule has 2 aromatic rings. The van der Waals surface area contributed by atoms with Crippen molar-refractivity contribution in [2.75, 3.05) is 19.6 Å². The van der Waals surface area contributed by atoms with Gasteiger partial charge < -0.3 is 10.6 Å². The number of nitrogens with zero attached hydrogens (tertiary/aromatic N) is 2. The summed E-state index contributed by atoms with van der Waals surface area (Å²) in [6.07, 6.45) is 2.72. The van der Waals surface area contributed by atoms with Crippen LogP contribution >= 0.6 is 0 Å². The van der Waals surface area contributed by atoms with Gasteiger partial charge in [-0.25, -0.2) is 4.68 Å². The summed E-state index contributed by atoms with van der Waals surface area (Å²) in [4.78, 5) is 12.2. The van der Waals surface area contributed by atoms with Crippen molar-refractivity contribution < 1.29 is 4.79 Å². The Bertz CT molecular complexity index is 633. The predicted molar refractivity (Wildman–Crippen MR) is 88.5 cm³/mol. The molecule has 1 aromatic carbocycles. The number of hydrogen-bond acceptors (Lipinski definition) is 3. The van der Waals surface area contributed by atoms with E-state index < -0.39 is 0 Å². The van der Waals surface area contributed by atoms with Crippen molar-refractivity contribution in [1.82, 2.24) is 20.4 Å². The summed E-state index contributed by atoms with van der Waals surface area (Å²) in [5.74, 6) is -0.0744. The van der Waals surface area contributed by atoms with Gasteiger partial charge in [-0.3, -0.25) is 4.79 Å². The lowest BCUT2D eigenvalue weighted by Gasteiger charge is -2.07. The summed E-state index contributed by atoms with van der Waals surface area (Å²) in [5, 5.41) is 10.5. The van der Waals surface area contributed by atoms with Crippen molar-refractivity contribution in [2.24, 2.45) is 0 Å². The second-order valence-corrected chi connectivity index (χ2v) is 5.40. The van der Waals surface area contributed by atoms with Gasteiger partial charge in [-0.2, -0.15) is 5.10 Å². The van der Waals surface area contributed by atoms with E-state index >= 15 is 0 Å². The average molecular weight is 300 g/mol. The van der Waals surface area contributed by atoms with E-state index in [1.807, 2.05) is 32.0 Å². The predicted octanol–water partition coefficient (Wildman–Crippen LogP) is 2.22. The second-order valence-electron chi connectivity index (χ2n) is 5.40.